The Morgan fingerprint density at radius 1 is 0.318 bits per heavy atom. The molecule has 0 N–H and O–H groups in total. The second kappa shape index (κ2) is 15.3. The molecule has 1 heteroatoms. The van der Waals surface area contributed by atoms with Crippen molar-refractivity contribution in [1.82, 2.24) is 0 Å². The standard InChI is InChI=1S/C65H43N/c1-3-17-44(18-4-1)45-31-33-49(34-32-45)64-53-23-8-7-21-47(53)37-41-54(64)48-35-38-50(39-36-48)66(63-30-16-12-22-52(63)46-19-5-2-6-20-46)51-40-42-58-57-26-11-15-29-61(57)65(62(58)43-51)59-27-13-9-24-55(59)56-25-10-14-28-60(56)65/h1-43H/i2D,5D,6D,9D,10D,11D,12D,13D,14D,15D,16D,19D,20D,22D,24D,25D,26D,27D,28D,29D,30D,40D,42D,43D. The summed E-state index contributed by atoms with van der Waals surface area (Å²) in [4.78, 5) is 0.966. The summed E-state index contributed by atoms with van der Waals surface area (Å²) in [5.74, 6) is 0. The molecular weight excluding hydrogens is 795 g/mol. The van der Waals surface area contributed by atoms with E-state index in [0.717, 1.165) is 37.9 Å². The van der Waals surface area contributed by atoms with Crippen LogP contribution in [0.25, 0.3) is 77.5 Å². The maximum atomic E-state index is 10.9. The average molecular weight is 862 g/mol. The summed E-state index contributed by atoms with van der Waals surface area (Å²) >= 11 is 0. The van der Waals surface area contributed by atoms with Gasteiger partial charge in [0.1, 0.15) is 0 Å². The lowest BCUT2D eigenvalue weighted by Crippen LogP contribution is -2.26. The third-order valence-corrected chi connectivity index (χ3v) is 12.4. The monoisotopic (exact) mass is 861 g/mol. The number of para-hydroxylation sites is 1. The number of nitrogens with zero attached hydrogens (tertiary/aromatic N) is 1. The molecule has 0 saturated carbocycles. The quantitative estimate of drug-likeness (QED) is 0.154. The van der Waals surface area contributed by atoms with Gasteiger partial charge in [-0.2, -0.15) is 0 Å². The van der Waals surface area contributed by atoms with Gasteiger partial charge in [-0.3, -0.25) is 0 Å². The van der Waals surface area contributed by atoms with E-state index in [4.69, 9.17) is 13.7 Å². The lowest BCUT2D eigenvalue weighted by molar-refractivity contribution is 0.793. The largest absolute Gasteiger partial charge is 0.310 e. The third kappa shape index (κ3) is 5.80. The first-order chi connectivity index (χ1) is 42.7. The molecule has 13 rings (SSSR count). The van der Waals surface area contributed by atoms with E-state index >= 15 is 0 Å². The number of benzene rings is 11. The van der Waals surface area contributed by atoms with Crippen LogP contribution in [-0.2, 0) is 5.41 Å². The lowest BCUT2D eigenvalue weighted by Gasteiger charge is -2.32. The highest BCUT2D eigenvalue weighted by Gasteiger charge is 2.51. The second-order valence-electron chi connectivity index (χ2n) is 15.7. The van der Waals surface area contributed by atoms with Gasteiger partial charge in [0.05, 0.1) is 44.0 Å². The molecule has 0 amide bonds. The summed E-state index contributed by atoms with van der Waals surface area (Å²) in [6.45, 7) is 0. The van der Waals surface area contributed by atoms with Crippen molar-refractivity contribution in [1.29, 1.82) is 0 Å². The van der Waals surface area contributed by atoms with Crippen LogP contribution >= 0.6 is 0 Å². The van der Waals surface area contributed by atoms with Crippen molar-refractivity contribution in [2.45, 2.75) is 5.41 Å². The number of hydrogen-bond acceptors (Lipinski definition) is 1. The summed E-state index contributed by atoms with van der Waals surface area (Å²) in [5.41, 5.74) is -5.69. The minimum absolute atomic E-state index is 0.154. The van der Waals surface area contributed by atoms with Crippen LogP contribution in [0.1, 0.15) is 55.2 Å². The van der Waals surface area contributed by atoms with Crippen LogP contribution < -0.4 is 4.90 Å². The Morgan fingerprint density at radius 2 is 0.848 bits per heavy atom. The van der Waals surface area contributed by atoms with Gasteiger partial charge in [-0.1, -0.05) is 230 Å². The molecule has 2 aliphatic rings. The van der Waals surface area contributed by atoms with E-state index in [0.29, 0.717) is 11.1 Å². The average Bonchev–Trinajstić information content (AvgIpc) is 1.47. The zero-order valence-electron chi connectivity index (χ0n) is 58.4. The van der Waals surface area contributed by atoms with Crippen molar-refractivity contribution in [2.24, 2.45) is 0 Å². The number of fused-ring (bicyclic) bond motifs is 11. The molecule has 0 radical (unpaired) electrons. The summed E-state index contributed by atoms with van der Waals surface area (Å²) in [5, 5.41) is 1.78. The molecule has 0 aromatic heterocycles. The zero-order valence-corrected chi connectivity index (χ0v) is 34.4. The normalized spacial score (nSPS) is 17.8. The fourth-order valence-electron chi connectivity index (χ4n) is 9.54. The highest BCUT2D eigenvalue weighted by Crippen LogP contribution is 2.63. The molecule has 1 nitrogen and oxygen atoms in total. The van der Waals surface area contributed by atoms with E-state index in [9.17, 15) is 19.2 Å². The molecule has 11 aromatic rings. The minimum atomic E-state index is -2.82. The molecule has 1 spiro atoms. The summed E-state index contributed by atoms with van der Waals surface area (Å²) < 4.78 is 225. The van der Waals surface area contributed by atoms with Gasteiger partial charge in [0.25, 0.3) is 0 Å². The first-order valence-electron chi connectivity index (χ1n) is 33.0. The van der Waals surface area contributed by atoms with E-state index < -0.39 is 217 Å². The van der Waals surface area contributed by atoms with Gasteiger partial charge in [-0.15, -0.1) is 0 Å². The zero-order chi connectivity index (χ0) is 64.5. The van der Waals surface area contributed by atoms with Crippen molar-refractivity contribution in [3.63, 3.8) is 0 Å². The van der Waals surface area contributed by atoms with Crippen LogP contribution in [0.5, 0.6) is 0 Å². The van der Waals surface area contributed by atoms with Crippen molar-refractivity contribution >= 4 is 27.8 Å². The molecule has 0 unspecified atom stereocenters. The highest BCUT2D eigenvalue weighted by atomic mass is 15.1. The second-order valence-corrected chi connectivity index (χ2v) is 15.7. The van der Waals surface area contributed by atoms with Crippen LogP contribution in [0.15, 0.2) is 260 Å². The topological polar surface area (TPSA) is 3.24 Å². The first kappa shape index (κ1) is 21.0. The number of anilines is 3. The molecule has 0 atom stereocenters. The Kier molecular flexibility index (Phi) is 4.87. The van der Waals surface area contributed by atoms with Crippen molar-refractivity contribution < 1.29 is 32.9 Å². The van der Waals surface area contributed by atoms with Gasteiger partial charge in [0.2, 0.25) is 0 Å². The predicted molar refractivity (Wildman–Crippen MR) is 277 cm³/mol. The third-order valence-electron chi connectivity index (χ3n) is 12.4. The smallest absolute Gasteiger partial charge is 0.0726 e. The molecule has 2 aliphatic carbocycles. The Morgan fingerprint density at radius 3 is 1.53 bits per heavy atom. The summed E-state index contributed by atoms with van der Waals surface area (Å²) in [7, 11) is 0. The van der Waals surface area contributed by atoms with Gasteiger partial charge in [0.15, 0.2) is 0 Å². The van der Waals surface area contributed by atoms with E-state index in [1.54, 1.807) is 12.1 Å². The molecule has 11 aromatic carbocycles. The Hall–Kier alpha value is -8.52. The van der Waals surface area contributed by atoms with E-state index in [1.807, 2.05) is 91.0 Å². The Bertz CT molecular complexity index is 4920. The summed E-state index contributed by atoms with van der Waals surface area (Å²) in [6.07, 6.45) is 0. The van der Waals surface area contributed by atoms with Crippen LogP contribution in [-0.4, -0.2) is 0 Å². The van der Waals surface area contributed by atoms with Gasteiger partial charge in [-0.05, 0) is 124 Å². The van der Waals surface area contributed by atoms with Crippen LogP contribution in [0.3, 0.4) is 0 Å². The van der Waals surface area contributed by atoms with Crippen molar-refractivity contribution in [2.75, 3.05) is 4.90 Å². The maximum absolute atomic E-state index is 10.9. The number of hydrogen-bond donors (Lipinski definition) is 0. The van der Waals surface area contributed by atoms with Gasteiger partial charge < -0.3 is 4.90 Å². The molecule has 0 aliphatic heterocycles. The SMILES string of the molecule is [2H]c1c([2H])c([2H])c(-c2c([2H])c([2H])c([2H])c([2H])c2N(c2ccc(-c3ccc4ccccc4c3-c3ccc(-c4ccccc4)cc3)cc2)c2c([2H])c([2H])c3c(c2[2H])C2(c4c([2H])c([2H])c([2H])c([2H])c4-c4c([2H])c([2H])c([2H])c([2H])c42)c2c([2H])c([2H])c([2H])c([2H])c2-3)c([2H])c1[2H]. The number of rotatable bonds is 7. The molecular formula is C65H43N. The molecule has 0 heterocycles. The van der Waals surface area contributed by atoms with Crippen LogP contribution in [0.2, 0.25) is 0 Å². The van der Waals surface area contributed by atoms with E-state index in [2.05, 4.69) is 0 Å². The van der Waals surface area contributed by atoms with Gasteiger partial charge >= 0.3 is 0 Å². The molecule has 308 valence electrons. The maximum Gasteiger partial charge on any atom is 0.0726 e. The van der Waals surface area contributed by atoms with E-state index in [-0.39, 0.29) is 5.69 Å². The minimum Gasteiger partial charge on any atom is -0.310 e. The Labute approximate surface area is 419 Å². The van der Waals surface area contributed by atoms with Crippen molar-refractivity contribution in [3.05, 3.63) is 283 Å². The predicted octanol–water partition coefficient (Wildman–Crippen LogP) is 17.3. The molecule has 0 saturated heterocycles. The van der Waals surface area contributed by atoms with Crippen molar-refractivity contribution in [3.8, 4) is 66.8 Å². The Balaban J connectivity index is 1.19. The molecule has 0 bridgehead atoms. The lowest BCUT2D eigenvalue weighted by atomic mass is 9.70. The highest BCUT2D eigenvalue weighted by molar-refractivity contribution is 6.05. The fraction of sp³-hybridized carbons (Fsp3) is 0.0154. The van der Waals surface area contributed by atoms with Crippen LogP contribution in [0.4, 0.5) is 17.1 Å². The van der Waals surface area contributed by atoms with Crippen LogP contribution in [0, 0.1) is 0 Å². The van der Waals surface area contributed by atoms with Gasteiger partial charge in [-0.25, -0.2) is 0 Å². The van der Waals surface area contributed by atoms with Gasteiger partial charge in [0, 0.05) is 16.9 Å². The molecule has 66 heavy (non-hydrogen) atoms. The summed E-state index contributed by atoms with van der Waals surface area (Å²) in [6, 6.07) is 13.9. The molecule has 0 fully saturated rings. The van der Waals surface area contributed by atoms with E-state index in [1.165, 1.54) is 12.1 Å². The first-order valence-corrected chi connectivity index (χ1v) is 21.0. The fourth-order valence-corrected chi connectivity index (χ4v) is 9.54.